The van der Waals surface area contributed by atoms with Gasteiger partial charge in [0.1, 0.15) is 11.9 Å². The van der Waals surface area contributed by atoms with Crippen molar-refractivity contribution < 1.29 is 51.1 Å². The zero-order valence-electron chi connectivity index (χ0n) is 12.0. The third-order valence-corrected chi connectivity index (χ3v) is 2.06. The van der Waals surface area contributed by atoms with Crippen LogP contribution >= 0.6 is 0 Å². The van der Waals surface area contributed by atoms with Crippen LogP contribution in [-0.2, 0) is 11.2 Å². The number of Topliss-reactive ketones (excluding diaryl/α,β-unsaturated/α-hetero) is 1. The van der Waals surface area contributed by atoms with E-state index in [9.17, 15) is 4.79 Å². The number of hydrogen-bond acceptors (Lipinski definition) is 4. The van der Waals surface area contributed by atoms with E-state index in [2.05, 4.69) is 0 Å². The van der Waals surface area contributed by atoms with Crippen LogP contribution in [0, 0.1) is 0 Å². The molecule has 0 aliphatic carbocycles. The molecule has 0 aromatic heterocycles. The number of aliphatic hydroxyl groups is 3. The average Bonchev–Trinajstić information content (AvgIpc) is 2.39. The molecule has 0 spiro atoms. The summed E-state index contributed by atoms with van der Waals surface area (Å²) >= 11 is 0. The minimum Gasteiger partial charge on any atom is -1.00 e. The third kappa shape index (κ3) is 10.9. The molecule has 0 heterocycles. The molecule has 0 unspecified atom stereocenters. The molecule has 5 heteroatoms. The number of carbonyl (C=O) groups excluding carboxylic acids is 1. The molecule has 18 heavy (non-hydrogen) atoms. The Morgan fingerprint density at radius 1 is 1.22 bits per heavy atom. The van der Waals surface area contributed by atoms with E-state index in [-0.39, 0.29) is 44.2 Å². The van der Waals surface area contributed by atoms with Crippen LogP contribution in [0.2, 0.25) is 0 Å². The summed E-state index contributed by atoms with van der Waals surface area (Å²) < 4.78 is 0. The predicted octanol–water partition coefficient (Wildman–Crippen LogP) is -2.34. The molecule has 0 fully saturated rings. The Labute approximate surface area is 131 Å². The summed E-state index contributed by atoms with van der Waals surface area (Å²) in [6.07, 6.45) is 0.261. The summed E-state index contributed by atoms with van der Waals surface area (Å²) in [5, 5.41) is 24.0. The zero-order valence-corrected chi connectivity index (χ0v) is 13.0. The fraction of sp³-hybridized carbons (Fsp3) is 0.462. The summed E-state index contributed by atoms with van der Waals surface area (Å²) in [6, 6.07) is 9.83. The first-order valence-electron chi connectivity index (χ1n) is 5.59. The van der Waals surface area contributed by atoms with Crippen molar-refractivity contribution in [2.45, 2.75) is 25.9 Å². The van der Waals surface area contributed by atoms with Gasteiger partial charge in [-0.3, -0.25) is 4.79 Å². The van der Waals surface area contributed by atoms with Gasteiger partial charge in [-0.25, -0.2) is 0 Å². The van der Waals surface area contributed by atoms with Crippen LogP contribution in [0.25, 0.3) is 0 Å². The Morgan fingerprint density at radius 2 is 1.72 bits per heavy atom. The van der Waals surface area contributed by atoms with Crippen molar-refractivity contribution in [1.82, 2.24) is 0 Å². The van der Waals surface area contributed by atoms with Gasteiger partial charge < -0.3 is 16.7 Å². The maximum absolute atomic E-state index is 11.0. The Hall–Kier alpha value is -0.230. The number of rotatable bonds is 5. The van der Waals surface area contributed by atoms with Crippen LogP contribution in [0.4, 0.5) is 0 Å². The van der Waals surface area contributed by atoms with Gasteiger partial charge in [0.2, 0.25) is 0 Å². The van der Waals surface area contributed by atoms with Gasteiger partial charge in [-0.2, -0.15) is 0 Å². The molecular weight excluding hydrogens is 243 g/mol. The van der Waals surface area contributed by atoms with Gasteiger partial charge >= 0.3 is 29.6 Å². The smallest absolute Gasteiger partial charge is 1.00 e. The average molecular weight is 264 g/mol. The summed E-state index contributed by atoms with van der Waals surface area (Å²) in [7, 11) is 0. The summed E-state index contributed by atoms with van der Waals surface area (Å²) in [6.45, 7) is 1.16. The number of carbonyl (C=O) groups is 1. The van der Waals surface area contributed by atoms with E-state index in [0.29, 0.717) is 18.6 Å². The molecule has 3 N–H and O–H groups in total. The molecular formula is C13H21NaO4. The van der Waals surface area contributed by atoms with Crippen molar-refractivity contribution >= 4 is 5.78 Å². The van der Waals surface area contributed by atoms with Crippen LogP contribution in [0.15, 0.2) is 30.3 Å². The molecule has 0 amide bonds. The maximum Gasteiger partial charge on any atom is 1.00 e. The molecule has 0 saturated carbocycles. The van der Waals surface area contributed by atoms with Crippen LogP contribution in [0.1, 0.15) is 20.3 Å². The largest absolute Gasteiger partial charge is 1.00 e. The minimum absolute atomic E-state index is 0. The Balaban J connectivity index is -0.000000282. The molecule has 1 aromatic carbocycles. The van der Waals surface area contributed by atoms with Crippen molar-refractivity contribution in [3.63, 3.8) is 0 Å². The fourth-order valence-corrected chi connectivity index (χ4v) is 1.01. The second kappa shape index (κ2) is 13.2. The van der Waals surface area contributed by atoms with E-state index in [0.717, 1.165) is 5.56 Å². The Morgan fingerprint density at radius 3 is 2.06 bits per heavy atom. The second-order valence-electron chi connectivity index (χ2n) is 3.57. The topological polar surface area (TPSA) is 77.8 Å². The SMILES string of the molecule is CCC(=O)Cc1ccccc1.OCC(O)CO.[H-].[Na+]. The predicted molar refractivity (Wildman–Crippen MR) is 66.7 cm³/mol. The summed E-state index contributed by atoms with van der Waals surface area (Å²) in [5.41, 5.74) is 1.11. The van der Waals surface area contributed by atoms with Gasteiger partial charge in [0, 0.05) is 12.8 Å². The van der Waals surface area contributed by atoms with Crippen molar-refractivity contribution in [3.8, 4) is 0 Å². The first-order chi connectivity index (χ1) is 8.13. The standard InChI is InChI=1S/C10H12O.C3H8O3.Na.H/c1-2-10(11)8-9-6-4-3-5-7-9;4-1-3(6)2-5;;/h3-7H,2,8H2,1H3;3-6H,1-2H2;;/q;;+1;-1. The van der Waals surface area contributed by atoms with Gasteiger partial charge in [-0.05, 0) is 5.56 Å². The monoisotopic (exact) mass is 264 g/mol. The molecule has 98 valence electrons. The summed E-state index contributed by atoms with van der Waals surface area (Å²) in [4.78, 5) is 11.0. The van der Waals surface area contributed by atoms with Crippen LogP contribution in [-0.4, -0.2) is 40.4 Å². The normalized spacial score (nSPS) is 9.17. The van der Waals surface area contributed by atoms with E-state index in [1.165, 1.54) is 0 Å². The van der Waals surface area contributed by atoms with Crippen molar-refractivity contribution in [3.05, 3.63) is 35.9 Å². The van der Waals surface area contributed by atoms with Crippen LogP contribution < -0.4 is 29.6 Å². The van der Waals surface area contributed by atoms with E-state index in [1.807, 2.05) is 37.3 Å². The number of hydrogen-bond donors (Lipinski definition) is 3. The van der Waals surface area contributed by atoms with Gasteiger partial charge in [-0.1, -0.05) is 37.3 Å². The molecule has 0 radical (unpaired) electrons. The van der Waals surface area contributed by atoms with E-state index < -0.39 is 6.10 Å². The van der Waals surface area contributed by atoms with Crippen molar-refractivity contribution in [2.75, 3.05) is 13.2 Å². The number of aliphatic hydroxyl groups excluding tert-OH is 3. The van der Waals surface area contributed by atoms with Gasteiger partial charge in [0.05, 0.1) is 13.2 Å². The quantitative estimate of drug-likeness (QED) is 0.521. The van der Waals surface area contributed by atoms with Gasteiger partial charge in [0.15, 0.2) is 0 Å². The molecule has 1 aromatic rings. The minimum atomic E-state index is -0.954. The van der Waals surface area contributed by atoms with E-state index in [1.54, 1.807) is 0 Å². The van der Waals surface area contributed by atoms with Gasteiger partial charge in [-0.15, -0.1) is 0 Å². The van der Waals surface area contributed by atoms with Gasteiger partial charge in [0.25, 0.3) is 0 Å². The van der Waals surface area contributed by atoms with E-state index >= 15 is 0 Å². The molecule has 0 aliphatic heterocycles. The van der Waals surface area contributed by atoms with Crippen molar-refractivity contribution in [2.24, 2.45) is 0 Å². The molecule has 0 bridgehead atoms. The molecule has 1 rings (SSSR count). The first-order valence-corrected chi connectivity index (χ1v) is 5.59. The molecule has 4 nitrogen and oxygen atoms in total. The second-order valence-corrected chi connectivity index (χ2v) is 3.57. The van der Waals surface area contributed by atoms with E-state index in [4.69, 9.17) is 15.3 Å². The third-order valence-electron chi connectivity index (χ3n) is 2.06. The summed E-state index contributed by atoms with van der Waals surface area (Å²) in [5.74, 6) is 0.302. The zero-order chi connectivity index (χ0) is 13.1. The number of ketones is 1. The first kappa shape index (κ1) is 20.1. The number of benzene rings is 1. The Bertz CT molecular complexity index is 305. The maximum atomic E-state index is 11.0. The van der Waals surface area contributed by atoms with Crippen LogP contribution in [0.3, 0.4) is 0 Å². The fourth-order valence-electron chi connectivity index (χ4n) is 1.01. The van der Waals surface area contributed by atoms with Crippen molar-refractivity contribution in [1.29, 1.82) is 0 Å². The Kier molecular flexibility index (Phi) is 14.7. The van der Waals surface area contributed by atoms with Crippen LogP contribution in [0.5, 0.6) is 0 Å². The molecule has 0 aliphatic rings. The molecule has 0 saturated heterocycles. The molecule has 0 atom stereocenters.